The molecule has 0 bridgehead atoms. The molecule has 0 aliphatic carbocycles. The summed E-state index contributed by atoms with van der Waals surface area (Å²) in [6, 6.07) is 8.40. The fourth-order valence-electron chi connectivity index (χ4n) is 2.15. The van der Waals surface area contributed by atoms with Gasteiger partial charge in [-0.25, -0.2) is 0 Å². The van der Waals surface area contributed by atoms with E-state index in [0.717, 1.165) is 28.9 Å². The quantitative estimate of drug-likeness (QED) is 0.823. The second kappa shape index (κ2) is 7.61. The monoisotopic (exact) mass is 351 g/mol. The smallest absolute Gasteiger partial charge is 0.132 e. The minimum Gasteiger partial charge on any atom is -0.487 e. The number of halogens is 1. The molecule has 0 aliphatic rings. The van der Waals surface area contributed by atoms with Gasteiger partial charge < -0.3 is 10.1 Å². The Morgan fingerprint density at radius 1 is 1.38 bits per heavy atom. The number of ether oxygens (including phenoxy) is 1. The molecule has 1 heterocycles. The van der Waals surface area contributed by atoms with E-state index < -0.39 is 0 Å². The van der Waals surface area contributed by atoms with E-state index in [4.69, 9.17) is 4.74 Å². The topological polar surface area (TPSA) is 39.1 Å². The first kappa shape index (κ1) is 16.0. The Morgan fingerprint density at radius 3 is 2.86 bits per heavy atom. The zero-order valence-electron chi connectivity index (χ0n) is 12.8. The normalized spacial score (nSPS) is 12.4. The van der Waals surface area contributed by atoms with Gasteiger partial charge in [-0.2, -0.15) is 5.10 Å². The molecule has 0 saturated heterocycles. The third-order valence-electron chi connectivity index (χ3n) is 3.29. The van der Waals surface area contributed by atoms with Crippen LogP contribution in [0.15, 0.2) is 34.9 Å². The van der Waals surface area contributed by atoms with Crippen LogP contribution in [0.3, 0.4) is 0 Å². The average molecular weight is 352 g/mol. The van der Waals surface area contributed by atoms with Crippen molar-refractivity contribution < 1.29 is 4.74 Å². The minimum atomic E-state index is 0.261. The molecule has 0 saturated carbocycles. The zero-order valence-corrected chi connectivity index (χ0v) is 14.4. The third-order valence-corrected chi connectivity index (χ3v) is 3.78. The summed E-state index contributed by atoms with van der Waals surface area (Å²) in [6.07, 6.45) is 3.04. The van der Waals surface area contributed by atoms with Crippen molar-refractivity contribution in [1.29, 1.82) is 0 Å². The van der Waals surface area contributed by atoms with Crippen molar-refractivity contribution in [1.82, 2.24) is 15.1 Å². The van der Waals surface area contributed by atoms with Gasteiger partial charge in [0.05, 0.1) is 5.69 Å². The molecule has 1 N–H and O–H groups in total. The lowest BCUT2D eigenvalue weighted by atomic mass is 10.1. The first-order chi connectivity index (χ1) is 10.1. The zero-order chi connectivity index (χ0) is 15.2. The van der Waals surface area contributed by atoms with Crippen LogP contribution in [0.25, 0.3) is 0 Å². The largest absolute Gasteiger partial charge is 0.487 e. The molecule has 1 aromatic carbocycles. The van der Waals surface area contributed by atoms with Crippen molar-refractivity contribution in [3.63, 3.8) is 0 Å². The molecule has 0 amide bonds. The van der Waals surface area contributed by atoms with Gasteiger partial charge in [0.1, 0.15) is 12.4 Å². The van der Waals surface area contributed by atoms with Crippen molar-refractivity contribution in [2.45, 2.75) is 32.9 Å². The van der Waals surface area contributed by atoms with Crippen LogP contribution in [0.2, 0.25) is 0 Å². The van der Waals surface area contributed by atoms with E-state index in [-0.39, 0.29) is 6.04 Å². The lowest BCUT2D eigenvalue weighted by molar-refractivity contribution is 0.293. The summed E-state index contributed by atoms with van der Waals surface area (Å²) >= 11 is 3.51. The molecule has 114 valence electrons. The Bertz CT molecular complexity index is 583. The summed E-state index contributed by atoms with van der Waals surface area (Å²) in [5, 5.41) is 7.83. The molecule has 0 radical (unpaired) electrons. The van der Waals surface area contributed by atoms with Gasteiger partial charge in [-0.05, 0) is 38.1 Å². The minimum absolute atomic E-state index is 0.261. The lowest BCUT2D eigenvalue weighted by Gasteiger charge is -2.18. The molecule has 2 rings (SSSR count). The van der Waals surface area contributed by atoms with Crippen molar-refractivity contribution >= 4 is 15.9 Å². The van der Waals surface area contributed by atoms with Gasteiger partial charge in [-0.1, -0.05) is 28.9 Å². The molecule has 0 spiro atoms. The Balaban J connectivity index is 2.10. The van der Waals surface area contributed by atoms with E-state index in [9.17, 15) is 0 Å². The van der Waals surface area contributed by atoms with Crippen LogP contribution in [0.5, 0.6) is 5.75 Å². The van der Waals surface area contributed by atoms with Crippen LogP contribution in [0.1, 0.15) is 37.6 Å². The highest BCUT2D eigenvalue weighted by Gasteiger charge is 2.12. The molecular weight excluding hydrogens is 330 g/mol. The fraction of sp³-hybridized carbons (Fsp3) is 0.438. The van der Waals surface area contributed by atoms with E-state index in [0.29, 0.717) is 6.61 Å². The van der Waals surface area contributed by atoms with E-state index in [1.54, 1.807) is 4.68 Å². The maximum Gasteiger partial charge on any atom is 0.132 e. The van der Waals surface area contributed by atoms with E-state index in [1.807, 2.05) is 31.4 Å². The van der Waals surface area contributed by atoms with Crippen LogP contribution in [0.4, 0.5) is 0 Å². The number of benzene rings is 1. The summed E-state index contributed by atoms with van der Waals surface area (Å²) in [5.74, 6) is 0.895. The van der Waals surface area contributed by atoms with Crippen molar-refractivity contribution in [2.24, 2.45) is 7.05 Å². The van der Waals surface area contributed by atoms with Crippen molar-refractivity contribution in [3.05, 3.63) is 46.2 Å². The molecule has 21 heavy (non-hydrogen) atoms. The highest BCUT2D eigenvalue weighted by Crippen LogP contribution is 2.29. The lowest BCUT2D eigenvalue weighted by Crippen LogP contribution is -2.20. The molecular formula is C16H22BrN3O. The van der Waals surface area contributed by atoms with Gasteiger partial charge >= 0.3 is 0 Å². The number of hydrogen-bond donors (Lipinski definition) is 1. The van der Waals surface area contributed by atoms with Crippen molar-refractivity contribution in [2.75, 3.05) is 6.54 Å². The summed E-state index contributed by atoms with van der Waals surface area (Å²) in [7, 11) is 1.91. The van der Waals surface area contributed by atoms with E-state index in [2.05, 4.69) is 46.3 Å². The Kier molecular flexibility index (Phi) is 5.82. The summed E-state index contributed by atoms with van der Waals surface area (Å²) in [5.41, 5.74) is 2.10. The van der Waals surface area contributed by atoms with Gasteiger partial charge in [0.25, 0.3) is 0 Å². The van der Waals surface area contributed by atoms with Crippen LogP contribution in [0, 0.1) is 0 Å². The highest BCUT2D eigenvalue weighted by molar-refractivity contribution is 9.10. The van der Waals surface area contributed by atoms with E-state index >= 15 is 0 Å². The average Bonchev–Trinajstić information content (AvgIpc) is 2.88. The number of rotatable bonds is 7. The van der Waals surface area contributed by atoms with E-state index in [1.165, 1.54) is 5.56 Å². The number of nitrogens with zero attached hydrogens (tertiary/aromatic N) is 2. The predicted molar refractivity (Wildman–Crippen MR) is 88.4 cm³/mol. The number of hydrogen-bond acceptors (Lipinski definition) is 3. The van der Waals surface area contributed by atoms with Crippen LogP contribution >= 0.6 is 15.9 Å². The van der Waals surface area contributed by atoms with Crippen LogP contribution in [-0.2, 0) is 13.7 Å². The van der Waals surface area contributed by atoms with Crippen LogP contribution in [-0.4, -0.2) is 16.3 Å². The number of aromatic nitrogens is 2. The van der Waals surface area contributed by atoms with Crippen LogP contribution < -0.4 is 10.1 Å². The summed E-state index contributed by atoms with van der Waals surface area (Å²) in [4.78, 5) is 0. The fourth-order valence-corrected chi connectivity index (χ4v) is 2.49. The van der Waals surface area contributed by atoms with Gasteiger partial charge in [-0.3, -0.25) is 4.68 Å². The Morgan fingerprint density at radius 2 is 2.19 bits per heavy atom. The molecule has 1 aromatic heterocycles. The van der Waals surface area contributed by atoms with Crippen molar-refractivity contribution in [3.8, 4) is 5.75 Å². The van der Waals surface area contributed by atoms with Gasteiger partial charge in [0.2, 0.25) is 0 Å². The first-order valence-electron chi connectivity index (χ1n) is 7.24. The Hall–Kier alpha value is -1.33. The summed E-state index contributed by atoms with van der Waals surface area (Å²) < 4.78 is 8.77. The van der Waals surface area contributed by atoms with Gasteiger partial charge in [0.15, 0.2) is 0 Å². The van der Waals surface area contributed by atoms with Gasteiger partial charge in [-0.15, -0.1) is 0 Å². The summed E-state index contributed by atoms with van der Waals surface area (Å²) in [6.45, 7) is 5.80. The molecule has 0 aliphatic heterocycles. The first-order valence-corrected chi connectivity index (χ1v) is 8.03. The molecule has 4 nitrogen and oxygen atoms in total. The number of aryl methyl sites for hydroxylation is 1. The standard InChI is InChI=1S/C16H22BrN3O/c1-4-8-18-12(2)15-6-5-13(17)10-16(15)21-11-14-7-9-20(3)19-14/h5-7,9-10,12,18H,4,8,11H2,1-3H3. The molecule has 2 aromatic rings. The predicted octanol–water partition coefficient (Wildman–Crippen LogP) is 3.82. The number of nitrogens with one attached hydrogen (secondary N) is 1. The highest BCUT2D eigenvalue weighted by atomic mass is 79.9. The second-order valence-corrected chi connectivity index (χ2v) is 6.04. The molecule has 5 heteroatoms. The molecule has 0 fully saturated rings. The maximum atomic E-state index is 5.97. The Labute approximate surface area is 134 Å². The molecule has 1 atom stereocenters. The SMILES string of the molecule is CCCNC(C)c1ccc(Br)cc1OCc1ccn(C)n1. The second-order valence-electron chi connectivity index (χ2n) is 5.13. The van der Waals surface area contributed by atoms with Gasteiger partial charge in [0, 0.05) is 29.3 Å². The third kappa shape index (κ3) is 4.58. The maximum absolute atomic E-state index is 5.97. The molecule has 1 unspecified atom stereocenters.